The molecule has 0 saturated heterocycles. The zero-order valence-corrected chi connectivity index (χ0v) is 8.55. The summed E-state index contributed by atoms with van der Waals surface area (Å²) in [5, 5.41) is 0. The van der Waals surface area contributed by atoms with Crippen LogP contribution in [0.4, 0.5) is 0 Å². The minimum atomic E-state index is 0.201. The summed E-state index contributed by atoms with van der Waals surface area (Å²) in [5.41, 5.74) is 5.97. The molecule has 0 fully saturated rings. The van der Waals surface area contributed by atoms with Gasteiger partial charge in [-0.25, -0.2) is 0 Å². The lowest BCUT2D eigenvalue weighted by molar-refractivity contribution is 0.279. The first-order chi connectivity index (χ1) is 6.20. The zero-order valence-electron chi connectivity index (χ0n) is 8.55. The summed E-state index contributed by atoms with van der Waals surface area (Å²) in [6.07, 6.45) is 5.00. The number of furan rings is 1. The molecule has 1 aromatic heterocycles. The van der Waals surface area contributed by atoms with Crippen LogP contribution < -0.4 is 5.73 Å². The van der Waals surface area contributed by atoms with Crippen LogP contribution >= 0.6 is 0 Å². The molecule has 2 N–H and O–H groups in total. The van der Waals surface area contributed by atoms with Crippen molar-refractivity contribution in [2.24, 2.45) is 11.1 Å². The monoisotopic (exact) mass is 181 g/mol. The third-order valence-electron chi connectivity index (χ3n) is 2.53. The molecule has 74 valence electrons. The van der Waals surface area contributed by atoms with Gasteiger partial charge in [0, 0.05) is 6.42 Å². The minimum Gasteiger partial charge on any atom is -0.469 e. The Kier molecular flexibility index (Phi) is 3.55. The van der Waals surface area contributed by atoms with Gasteiger partial charge in [-0.05, 0) is 30.5 Å². The number of rotatable bonds is 5. The molecule has 0 aliphatic carbocycles. The first-order valence-electron chi connectivity index (χ1n) is 4.92. The van der Waals surface area contributed by atoms with Gasteiger partial charge >= 0.3 is 0 Å². The van der Waals surface area contributed by atoms with E-state index in [1.807, 2.05) is 12.1 Å². The Morgan fingerprint density at radius 1 is 1.54 bits per heavy atom. The van der Waals surface area contributed by atoms with Crippen molar-refractivity contribution in [1.29, 1.82) is 0 Å². The number of nitrogens with two attached hydrogens (primary N) is 1. The molecular weight excluding hydrogens is 162 g/mol. The van der Waals surface area contributed by atoms with Gasteiger partial charge in [0.2, 0.25) is 0 Å². The molecule has 0 radical (unpaired) electrons. The highest BCUT2D eigenvalue weighted by Crippen LogP contribution is 2.26. The standard InChI is InChI=1S/C11H19NO/c1-3-6-11(2,9-12)8-10-5-4-7-13-10/h4-5,7H,3,6,8-9,12H2,1-2H3. The average molecular weight is 181 g/mol. The summed E-state index contributed by atoms with van der Waals surface area (Å²) in [6, 6.07) is 3.95. The fourth-order valence-corrected chi connectivity index (χ4v) is 1.70. The van der Waals surface area contributed by atoms with Gasteiger partial charge in [0.1, 0.15) is 5.76 Å². The van der Waals surface area contributed by atoms with E-state index in [0.717, 1.165) is 25.1 Å². The summed E-state index contributed by atoms with van der Waals surface area (Å²) < 4.78 is 5.32. The minimum absolute atomic E-state index is 0.201. The van der Waals surface area contributed by atoms with E-state index in [1.54, 1.807) is 6.26 Å². The van der Waals surface area contributed by atoms with E-state index in [0.29, 0.717) is 0 Å². The quantitative estimate of drug-likeness (QED) is 0.758. The van der Waals surface area contributed by atoms with Crippen LogP contribution in [0.25, 0.3) is 0 Å². The van der Waals surface area contributed by atoms with Crippen LogP contribution in [0.15, 0.2) is 22.8 Å². The van der Waals surface area contributed by atoms with Gasteiger partial charge in [0.05, 0.1) is 6.26 Å². The van der Waals surface area contributed by atoms with E-state index in [2.05, 4.69) is 13.8 Å². The lowest BCUT2D eigenvalue weighted by Gasteiger charge is -2.26. The highest BCUT2D eigenvalue weighted by Gasteiger charge is 2.22. The Morgan fingerprint density at radius 3 is 2.77 bits per heavy atom. The van der Waals surface area contributed by atoms with Gasteiger partial charge in [0.15, 0.2) is 0 Å². The van der Waals surface area contributed by atoms with E-state index in [4.69, 9.17) is 10.2 Å². The van der Waals surface area contributed by atoms with Crippen molar-refractivity contribution >= 4 is 0 Å². The molecular formula is C11H19NO. The lowest BCUT2D eigenvalue weighted by Crippen LogP contribution is -2.29. The second-order valence-electron chi connectivity index (χ2n) is 4.02. The van der Waals surface area contributed by atoms with E-state index < -0.39 is 0 Å². The maximum atomic E-state index is 5.77. The summed E-state index contributed by atoms with van der Waals surface area (Å²) in [5.74, 6) is 1.04. The van der Waals surface area contributed by atoms with E-state index in [1.165, 1.54) is 6.42 Å². The van der Waals surface area contributed by atoms with Crippen molar-refractivity contribution in [3.05, 3.63) is 24.2 Å². The molecule has 0 aliphatic heterocycles. The molecule has 0 saturated carbocycles. The van der Waals surface area contributed by atoms with Gasteiger partial charge < -0.3 is 10.2 Å². The van der Waals surface area contributed by atoms with Gasteiger partial charge in [-0.15, -0.1) is 0 Å². The van der Waals surface area contributed by atoms with Crippen LogP contribution in [0.3, 0.4) is 0 Å². The molecule has 0 aromatic carbocycles. The first-order valence-corrected chi connectivity index (χ1v) is 4.92. The van der Waals surface area contributed by atoms with Crippen molar-refractivity contribution in [2.75, 3.05) is 6.54 Å². The van der Waals surface area contributed by atoms with Crippen LogP contribution in [0.5, 0.6) is 0 Å². The molecule has 0 amide bonds. The second-order valence-corrected chi connectivity index (χ2v) is 4.02. The predicted octanol–water partition coefficient (Wildman–Crippen LogP) is 2.59. The summed E-state index contributed by atoms with van der Waals surface area (Å²) in [7, 11) is 0. The number of hydrogen-bond donors (Lipinski definition) is 1. The third-order valence-corrected chi connectivity index (χ3v) is 2.53. The summed E-state index contributed by atoms with van der Waals surface area (Å²) in [6.45, 7) is 5.14. The van der Waals surface area contributed by atoms with E-state index in [9.17, 15) is 0 Å². The van der Waals surface area contributed by atoms with Gasteiger partial charge in [-0.1, -0.05) is 20.3 Å². The fourth-order valence-electron chi connectivity index (χ4n) is 1.70. The Bertz CT molecular complexity index is 230. The topological polar surface area (TPSA) is 39.2 Å². The largest absolute Gasteiger partial charge is 0.469 e. The Balaban J connectivity index is 2.58. The Morgan fingerprint density at radius 2 is 2.31 bits per heavy atom. The van der Waals surface area contributed by atoms with Crippen molar-refractivity contribution in [3.63, 3.8) is 0 Å². The molecule has 1 rings (SSSR count). The molecule has 1 aromatic rings. The summed E-state index contributed by atoms with van der Waals surface area (Å²) >= 11 is 0. The molecule has 1 unspecified atom stereocenters. The van der Waals surface area contributed by atoms with Crippen LogP contribution in [0, 0.1) is 5.41 Å². The molecule has 0 spiro atoms. The second kappa shape index (κ2) is 4.47. The lowest BCUT2D eigenvalue weighted by atomic mass is 9.81. The maximum absolute atomic E-state index is 5.77. The first kappa shape index (κ1) is 10.3. The highest BCUT2D eigenvalue weighted by atomic mass is 16.3. The molecule has 1 heterocycles. The molecule has 0 bridgehead atoms. The van der Waals surface area contributed by atoms with Crippen LogP contribution in [-0.2, 0) is 6.42 Å². The van der Waals surface area contributed by atoms with Gasteiger partial charge in [-0.2, -0.15) is 0 Å². The zero-order chi connectivity index (χ0) is 9.73. The third kappa shape index (κ3) is 2.88. The molecule has 2 heteroatoms. The van der Waals surface area contributed by atoms with Gasteiger partial charge in [0.25, 0.3) is 0 Å². The van der Waals surface area contributed by atoms with E-state index in [-0.39, 0.29) is 5.41 Å². The smallest absolute Gasteiger partial charge is 0.104 e. The number of hydrogen-bond acceptors (Lipinski definition) is 2. The van der Waals surface area contributed by atoms with Crippen LogP contribution in [-0.4, -0.2) is 6.54 Å². The molecule has 0 aliphatic rings. The molecule has 13 heavy (non-hydrogen) atoms. The van der Waals surface area contributed by atoms with Crippen molar-refractivity contribution in [3.8, 4) is 0 Å². The normalized spacial score (nSPS) is 15.6. The van der Waals surface area contributed by atoms with Crippen molar-refractivity contribution in [1.82, 2.24) is 0 Å². The Labute approximate surface area is 80.1 Å². The molecule has 2 nitrogen and oxygen atoms in total. The predicted molar refractivity (Wildman–Crippen MR) is 54.5 cm³/mol. The highest BCUT2D eigenvalue weighted by molar-refractivity contribution is 5.01. The van der Waals surface area contributed by atoms with E-state index >= 15 is 0 Å². The SMILES string of the molecule is CCCC(C)(CN)Cc1ccco1. The Hall–Kier alpha value is -0.760. The van der Waals surface area contributed by atoms with Crippen molar-refractivity contribution in [2.45, 2.75) is 33.1 Å². The maximum Gasteiger partial charge on any atom is 0.104 e. The average Bonchev–Trinajstić information content (AvgIpc) is 2.57. The summed E-state index contributed by atoms with van der Waals surface area (Å²) in [4.78, 5) is 0. The van der Waals surface area contributed by atoms with Crippen LogP contribution in [0.2, 0.25) is 0 Å². The fraction of sp³-hybridized carbons (Fsp3) is 0.636. The van der Waals surface area contributed by atoms with Gasteiger partial charge in [-0.3, -0.25) is 0 Å². The van der Waals surface area contributed by atoms with Crippen molar-refractivity contribution < 1.29 is 4.42 Å². The molecule has 1 atom stereocenters. The van der Waals surface area contributed by atoms with Crippen LogP contribution in [0.1, 0.15) is 32.4 Å².